The van der Waals surface area contributed by atoms with Gasteiger partial charge in [-0.25, -0.2) is 0 Å². The van der Waals surface area contributed by atoms with E-state index in [-0.39, 0.29) is 11.6 Å². The van der Waals surface area contributed by atoms with Crippen LogP contribution in [0.1, 0.15) is 33.2 Å². The number of carbonyl (C=O) groups is 2. The summed E-state index contributed by atoms with van der Waals surface area (Å²) in [6.45, 7) is 3.50. The van der Waals surface area contributed by atoms with Crippen molar-refractivity contribution in [2.45, 2.75) is 13.8 Å². The minimum absolute atomic E-state index is 0.0124. The molecule has 2 rings (SSSR count). The fourth-order valence-electron chi connectivity index (χ4n) is 1.86. The number of hydrogen-bond donors (Lipinski definition) is 1. The molecule has 2 aromatic rings. The van der Waals surface area contributed by atoms with Crippen LogP contribution in [0.3, 0.4) is 0 Å². The van der Waals surface area contributed by atoms with E-state index in [2.05, 4.69) is 5.32 Å². The van der Waals surface area contributed by atoms with Gasteiger partial charge in [0.1, 0.15) is 0 Å². The Bertz CT molecular complexity index is 685. The fourth-order valence-corrected chi connectivity index (χ4v) is 1.86. The van der Waals surface area contributed by atoms with Gasteiger partial charge >= 0.3 is 0 Å². The molecule has 0 aliphatic carbocycles. The van der Waals surface area contributed by atoms with Gasteiger partial charge in [-0.05, 0) is 26.0 Å². The van der Waals surface area contributed by atoms with Gasteiger partial charge in [-0.15, -0.1) is 0 Å². The van der Waals surface area contributed by atoms with E-state index in [1.54, 1.807) is 36.5 Å². The quantitative estimate of drug-likeness (QED) is 0.664. The molecular weight excluding hydrogens is 262 g/mol. The van der Waals surface area contributed by atoms with E-state index < -0.39 is 0 Å². The molecule has 3 heteroatoms. The van der Waals surface area contributed by atoms with Gasteiger partial charge in [0.2, 0.25) is 0 Å². The molecule has 0 saturated carbocycles. The van der Waals surface area contributed by atoms with Crippen molar-refractivity contribution in [2.75, 3.05) is 5.32 Å². The summed E-state index contributed by atoms with van der Waals surface area (Å²) in [4.78, 5) is 23.2. The van der Waals surface area contributed by atoms with Crippen LogP contribution in [0.25, 0.3) is 0 Å². The third-order valence-electron chi connectivity index (χ3n) is 3.09. The average molecular weight is 279 g/mol. The summed E-state index contributed by atoms with van der Waals surface area (Å²) in [6, 6.07) is 14.6. The minimum atomic E-state index is -0.0646. The molecule has 106 valence electrons. The Hall–Kier alpha value is -2.68. The van der Waals surface area contributed by atoms with E-state index in [1.165, 1.54) is 13.0 Å². The maximum absolute atomic E-state index is 11.9. The van der Waals surface area contributed by atoms with Crippen molar-refractivity contribution >= 4 is 17.3 Å². The molecule has 0 bridgehead atoms. The summed E-state index contributed by atoms with van der Waals surface area (Å²) in [7, 11) is 0. The average Bonchev–Trinajstić information content (AvgIpc) is 2.48. The number of nitrogens with one attached hydrogen (secondary N) is 1. The number of benzene rings is 2. The normalized spacial score (nSPS) is 10.6. The number of hydrogen-bond acceptors (Lipinski definition) is 3. The minimum Gasteiger partial charge on any atom is -0.362 e. The van der Waals surface area contributed by atoms with Gasteiger partial charge in [-0.2, -0.15) is 0 Å². The largest absolute Gasteiger partial charge is 0.362 e. The van der Waals surface area contributed by atoms with E-state index in [4.69, 9.17) is 0 Å². The monoisotopic (exact) mass is 279 g/mol. The maximum Gasteiger partial charge on any atom is 0.187 e. The van der Waals surface area contributed by atoms with Crippen LogP contribution in [0.4, 0.5) is 5.69 Å². The highest BCUT2D eigenvalue weighted by atomic mass is 16.1. The second-order valence-electron chi connectivity index (χ2n) is 4.84. The van der Waals surface area contributed by atoms with Crippen LogP contribution in [0.2, 0.25) is 0 Å². The van der Waals surface area contributed by atoms with Crippen LogP contribution in [0, 0.1) is 6.92 Å². The summed E-state index contributed by atoms with van der Waals surface area (Å²) in [5, 5.41) is 3.00. The number of allylic oxidation sites excluding steroid dienone is 1. The van der Waals surface area contributed by atoms with Gasteiger partial charge in [0.15, 0.2) is 11.6 Å². The number of aryl methyl sites for hydroxylation is 1. The lowest BCUT2D eigenvalue weighted by Gasteiger charge is -2.02. The summed E-state index contributed by atoms with van der Waals surface area (Å²) >= 11 is 0. The van der Waals surface area contributed by atoms with Crippen molar-refractivity contribution in [2.24, 2.45) is 0 Å². The Labute approximate surface area is 124 Å². The molecule has 0 spiro atoms. The first-order valence-corrected chi connectivity index (χ1v) is 6.71. The van der Waals surface area contributed by atoms with Crippen molar-refractivity contribution in [3.63, 3.8) is 0 Å². The summed E-state index contributed by atoms with van der Waals surface area (Å²) in [5.41, 5.74) is 3.18. The lowest BCUT2D eigenvalue weighted by molar-refractivity contribution is 0.101. The molecule has 3 nitrogen and oxygen atoms in total. The van der Waals surface area contributed by atoms with E-state index in [9.17, 15) is 9.59 Å². The van der Waals surface area contributed by atoms with Crippen LogP contribution >= 0.6 is 0 Å². The number of ketones is 2. The maximum atomic E-state index is 11.9. The predicted octanol–water partition coefficient (Wildman–Crippen LogP) is 4.01. The smallest absolute Gasteiger partial charge is 0.187 e. The molecule has 21 heavy (non-hydrogen) atoms. The molecular formula is C18H17NO2. The Morgan fingerprint density at radius 3 is 2.38 bits per heavy atom. The standard InChI is InChI=1S/C18H17NO2/c1-13-6-8-15(9-7-13)18(21)10-11-19-17-5-3-4-16(12-17)14(2)20/h3-12,19H,1-2H3. The number of anilines is 1. The highest BCUT2D eigenvalue weighted by Gasteiger charge is 2.01. The topological polar surface area (TPSA) is 46.2 Å². The lowest BCUT2D eigenvalue weighted by atomic mass is 10.1. The van der Waals surface area contributed by atoms with Crippen molar-refractivity contribution in [1.29, 1.82) is 0 Å². The third kappa shape index (κ3) is 4.14. The van der Waals surface area contributed by atoms with Crippen LogP contribution in [0.15, 0.2) is 60.8 Å². The molecule has 0 aromatic heterocycles. The van der Waals surface area contributed by atoms with Gasteiger partial charge in [0.05, 0.1) is 0 Å². The van der Waals surface area contributed by atoms with Gasteiger partial charge in [0.25, 0.3) is 0 Å². The summed E-state index contributed by atoms with van der Waals surface area (Å²) in [6.07, 6.45) is 3.06. The molecule has 0 radical (unpaired) electrons. The van der Waals surface area contributed by atoms with E-state index in [0.29, 0.717) is 11.1 Å². The van der Waals surface area contributed by atoms with E-state index in [1.807, 2.05) is 25.1 Å². The molecule has 0 unspecified atom stereocenters. The molecule has 0 aliphatic heterocycles. The Morgan fingerprint density at radius 1 is 1.00 bits per heavy atom. The lowest BCUT2D eigenvalue weighted by Crippen LogP contribution is -1.97. The van der Waals surface area contributed by atoms with Crippen LogP contribution < -0.4 is 5.32 Å². The first kappa shape index (κ1) is 14.7. The molecule has 0 amide bonds. The second-order valence-corrected chi connectivity index (χ2v) is 4.84. The predicted molar refractivity (Wildman–Crippen MR) is 84.7 cm³/mol. The van der Waals surface area contributed by atoms with Gasteiger partial charge in [-0.3, -0.25) is 9.59 Å². The van der Waals surface area contributed by atoms with E-state index in [0.717, 1.165) is 11.3 Å². The number of carbonyl (C=O) groups excluding carboxylic acids is 2. The number of Topliss-reactive ketones (excluding diaryl/α,β-unsaturated/α-hetero) is 1. The zero-order valence-electron chi connectivity index (χ0n) is 12.1. The first-order chi connectivity index (χ1) is 10.1. The Balaban J connectivity index is 2.02. The van der Waals surface area contributed by atoms with E-state index >= 15 is 0 Å². The van der Waals surface area contributed by atoms with Gasteiger partial charge in [-0.1, -0.05) is 42.0 Å². The highest BCUT2D eigenvalue weighted by Crippen LogP contribution is 2.11. The Kier molecular flexibility index (Phi) is 4.67. The zero-order chi connectivity index (χ0) is 15.2. The van der Waals surface area contributed by atoms with Gasteiger partial charge < -0.3 is 5.32 Å². The summed E-state index contributed by atoms with van der Waals surface area (Å²) in [5.74, 6) is -0.0522. The first-order valence-electron chi connectivity index (χ1n) is 6.71. The SMILES string of the molecule is CC(=O)c1cccc(NC=CC(=O)c2ccc(C)cc2)c1. The summed E-state index contributed by atoms with van der Waals surface area (Å²) < 4.78 is 0. The Morgan fingerprint density at radius 2 is 1.71 bits per heavy atom. The molecule has 0 heterocycles. The van der Waals surface area contributed by atoms with Gasteiger partial charge in [0, 0.05) is 29.1 Å². The molecule has 0 fully saturated rings. The molecule has 0 atom stereocenters. The fraction of sp³-hybridized carbons (Fsp3) is 0.111. The zero-order valence-corrected chi connectivity index (χ0v) is 12.1. The van der Waals surface area contributed by atoms with Crippen molar-refractivity contribution in [1.82, 2.24) is 0 Å². The third-order valence-corrected chi connectivity index (χ3v) is 3.09. The van der Waals surface area contributed by atoms with Crippen LogP contribution in [-0.4, -0.2) is 11.6 Å². The molecule has 2 aromatic carbocycles. The highest BCUT2D eigenvalue weighted by molar-refractivity contribution is 6.04. The molecule has 0 aliphatic rings. The van der Waals surface area contributed by atoms with Crippen molar-refractivity contribution in [3.05, 3.63) is 77.5 Å². The second kappa shape index (κ2) is 6.66. The van der Waals surface area contributed by atoms with Crippen LogP contribution in [-0.2, 0) is 0 Å². The van der Waals surface area contributed by atoms with Crippen molar-refractivity contribution in [3.8, 4) is 0 Å². The molecule has 0 saturated heterocycles. The van der Waals surface area contributed by atoms with Crippen LogP contribution in [0.5, 0.6) is 0 Å². The number of rotatable bonds is 5. The molecule has 1 N–H and O–H groups in total. The van der Waals surface area contributed by atoms with Crippen molar-refractivity contribution < 1.29 is 9.59 Å².